The highest BCUT2D eigenvalue weighted by atomic mass is 16.6. The normalized spacial score (nSPS) is 45.6. The lowest BCUT2D eigenvalue weighted by molar-refractivity contribution is -0.129. The first-order chi connectivity index (χ1) is 10.6. The van der Waals surface area contributed by atoms with Gasteiger partial charge < -0.3 is 14.8 Å². The number of nitrogens with one attached hydrogen (secondary N) is 1. The monoisotopic (exact) mass is 299 g/mol. The molecule has 3 fully saturated rings. The van der Waals surface area contributed by atoms with Gasteiger partial charge in [-0.3, -0.25) is 4.79 Å². The maximum atomic E-state index is 12.5. The predicted molar refractivity (Wildman–Crippen MR) is 81.1 cm³/mol. The smallest absolute Gasteiger partial charge is 0.224 e. The first-order valence-electron chi connectivity index (χ1n) is 8.03. The molecule has 4 heteroatoms. The third kappa shape index (κ3) is 1.80. The van der Waals surface area contributed by atoms with E-state index < -0.39 is 0 Å². The van der Waals surface area contributed by atoms with E-state index in [2.05, 4.69) is 31.3 Å². The van der Waals surface area contributed by atoms with Gasteiger partial charge in [-0.1, -0.05) is 37.3 Å². The van der Waals surface area contributed by atoms with Crippen LogP contribution in [0.3, 0.4) is 0 Å². The van der Waals surface area contributed by atoms with E-state index >= 15 is 0 Å². The summed E-state index contributed by atoms with van der Waals surface area (Å²) in [5.74, 6) is -0.0841. The molecule has 4 rings (SSSR count). The molecule has 7 atom stereocenters. The molecule has 1 N–H and O–H groups in total. The second-order valence-electron chi connectivity index (χ2n) is 7.13. The summed E-state index contributed by atoms with van der Waals surface area (Å²) in [6, 6.07) is 10.3. The van der Waals surface area contributed by atoms with Gasteiger partial charge in [0.15, 0.2) is 0 Å². The minimum absolute atomic E-state index is 0.0208. The number of benzene rings is 1. The maximum Gasteiger partial charge on any atom is 0.224 e. The lowest BCUT2D eigenvalue weighted by atomic mass is 9.62. The Labute approximate surface area is 130 Å². The number of ether oxygens (including phenoxy) is 1. The quantitative estimate of drug-likeness (QED) is 0.681. The summed E-state index contributed by atoms with van der Waals surface area (Å²) >= 11 is 0. The Bertz CT molecular complexity index is 616. The van der Waals surface area contributed by atoms with Crippen LogP contribution in [0.2, 0.25) is 0 Å². The molecule has 116 valence electrons. The predicted octanol–water partition coefficient (Wildman–Crippen LogP) is 1.58. The molecule has 22 heavy (non-hydrogen) atoms. The van der Waals surface area contributed by atoms with Crippen molar-refractivity contribution in [1.29, 1.82) is 0 Å². The highest BCUT2D eigenvalue weighted by molar-refractivity contribution is 5.86. The Kier molecular flexibility index (Phi) is 2.95. The molecule has 4 nitrogen and oxygen atoms in total. The van der Waals surface area contributed by atoms with Crippen LogP contribution in [0, 0.1) is 23.7 Å². The van der Waals surface area contributed by atoms with Gasteiger partial charge in [-0.05, 0) is 30.7 Å². The van der Waals surface area contributed by atoms with Gasteiger partial charge in [0, 0.05) is 6.04 Å². The average molecular weight is 299 g/mol. The van der Waals surface area contributed by atoms with Crippen LogP contribution in [-0.2, 0) is 20.7 Å². The molecule has 2 heterocycles. The molecule has 3 aliphatic rings. The van der Waals surface area contributed by atoms with Gasteiger partial charge in [0.25, 0.3) is 0 Å². The van der Waals surface area contributed by atoms with Crippen LogP contribution in [0.1, 0.15) is 19.4 Å². The van der Waals surface area contributed by atoms with E-state index in [1.54, 1.807) is 0 Å². The molecule has 0 unspecified atom stereocenters. The number of carbonyl (C=O) groups is 2. The van der Waals surface area contributed by atoms with Crippen molar-refractivity contribution in [3.8, 4) is 0 Å². The number of amides is 1. The molecule has 0 spiro atoms. The van der Waals surface area contributed by atoms with Gasteiger partial charge in [0.2, 0.25) is 5.91 Å². The van der Waals surface area contributed by atoms with Gasteiger partial charge in [0.05, 0.1) is 23.5 Å². The van der Waals surface area contributed by atoms with Crippen LogP contribution in [0.4, 0.5) is 0 Å². The number of epoxide rings is 1. The largest absolute Gasteiger partial charge is 0.365 e. The Morgan fingerprint density at radius 3 is 2.73 bits per heavy atom. The van der Waals surface area contributed by atoms with E-state index in [9.17, 15) is 9.59 Å². The summed E-state index contributed by atoms with van der Waals surface area (Å²) in [4.78, 5) is 24.0. The van der Waals surface area contributed by atoms with Gasteiger partial charge in [0.1, 0.15) is 6.29 Å². The molecule has 2 aliphatic heterocycles. The maximum absolute atomic E-state index is 12.5. The Morgan fingerprint density at radius 2 is 2.05 bits per heavy atom. The van der Waals surface area contributed by atoms with Crippen molar-refractivity contribution < 1.29 is 14.3 Å². The second-order valence-corrected chi connectivity index (χ2v) is 7.13. The Balaban J connectivity index is 1.65. The van der Waals surface area contributed by atoms with Crippen molar-refractivity contribution in [3.63, 3.8) is 0 Å². The molecular formula is C18H21NO3. The molecule has 0 aromatic heterocycles. The highest BCUT2D eigenvalue weighted by Crippen LogP contribution is 2.59. The lowest BCUT2D eigenvalue weighted by Gasteiger charge is -2.37. The standard InChI is InChI=1S/C18H21NO3/c1-10-14-13(8-11-6-4-3-5-7-11)19-17(21)15(14)12(9-20)16-18(10,2)22-16/h3-7,9-10,12-16H,8H2,1-2H3,(H,19,21)/t10-,12+,13-,14-,15-,16-,18+/m0/s1. The topological polar surface area (TPSA) is 58.7 Å². The highest BCUT2D eigenvalue weighted by Gasteiger charge is 2.71. The van der Waals surface area contributed by atoms with Gasteiger partial charge in [-0.2, -0.15) is 0 Å². The molecule has 0 radical (unpaired) electrons. The molecule has 1 amide bonds. The molecule has 0 bridgehead atoms. The van der Waals surface area contributed by atoms with Crippen molar-refractivity contribution in [1.82, 2.24) is 5.32 Å². The SMILES string of the molecule is C[C@H]1[C@@H]2[C@@H](C(=O)N[C@H]2Cc2ccccc2)[C@@H](C=O)[C@@H]2O[C@]12C. The summed E-state index contributed by atoms with van der Waals surface area (Å²) in [7, 11) is 0. The first kappa shape index (κ1) is 13.9. The summed E-state index contributed by atoms with van der Waals surface area (Å²) in [6.07, 6.45) is 1.66. The van der Waals surface area contributed by atoms with Gasteiger partial charge in [-0.25, -0.2) is 0 Å². The van der Waals surface area contributed by atoms with Gasteiger partial charge in [-0.15, -0.1) is 0 Å². The van der Waals surface area contributed by atoms with Gasteiger partial charge >= 0.3 is 0 Å². The zero-order valence-corrected chi connectivity index (χ0v) is 12.9. The number of hydrogen-bond donors (Lipinski definition) is 1. The van der Waals surface area contributed by atoms with E-state index in [1.807, 2.05) is 18.2 Å². The summed E-state index contributed by atoms with van der Waals surface area (Å²) in [5, 5.41) is 3.14. The lowest BCUT2D eigenvalue weighted by Crippen LogP contribution is -2.47. The number of hydrogen-bond acceptors (Lipinski definition) is 3. The fourth-order valence-corrected chi connectivity index (χ4v) is 4.74. The van der Waals surface area contributed by atoms with E-state index in [1.165, 1.54) is 5.56 Å². The molecule has 1 aliphatic carbocycles. The average Bonchev–Trinajstić information content (AvgIpc) is 3.11. The van der Waals surface area contributed by atoms with Crippen molar-refractivity contribution in [2.45, 2.75) is 38.0 Å². The Morgan fingerprint density at radius 1 is 1.32 bits per heavy atom. The summed E-state index contributed by atoms with van der Waals surface area (Å²) in [6.45, 7) is 4.24. The number of rotatable bonds is 3. The number of fused-ring (bicyclic) bond motifs is 2. The molecule has 2 saturated heterocycles. The Hall–Kier alpha value is -1.68. The minimum Gasteiger partial charge on any atom is -0.365 e. The first-order valence-corrected chi connectivity index (χ1v) is 8.03. The number of aldehydes is 1. The van der Waals surface area contributed by atoms with Crippen LogP contribution in [0.5, 0.6) is 0 Å². The van der Waals surface area contributed by atoms with E-state index in [0.29, 0.717) is 0 Å². The van der Waals surface area contributed by atoms with Crippen molar-refractivity contribution in [2.75, 3.05) is 0 Å². The van der Waals surface area contributed by atoms with Crippen LogP contribution in [0.15, 0.2) is 30.3 Å². The fourth-order valence-electron chi connectivity index (χ4n) is 4.74. The van der Waals surface area contributed by atoms with Crippen LogP contribution in [-0.4, -0.2) is 29.9 Å². The fraction of sp³-hybridized carbons (Fsp3) is 0.556. The molecule has 1 saturated carbocycles. The van der Waals surface area contributed by atoms with E-state index in [0.717, 1.165) is 12.7 Å². The molecule has 1 aromatic rings. The van der Waals surface area contributed by atoms with Crippen LogP contribution in [0.25, 0.3) is 0 Å². The number of carbonyl (C=O) groups excluding carboxylic acids is 2. The van der Waals surface area contributed by atoms with Crippen molar-refractivity contribution in [3.05, 3.63) is 35.9 Å². The molecule has 1 aromatic carbocycles. The summed E-state index contributed by atoms with van der Waals surface area (Å²) in [5.41, 5.74) is 0.973. The van der Waals surface area contributed by atoms with Crippen molar-refractivity contribution in [2.24, 2.45) is 23.7 Å². The minimum atomic E-state index is -0.299. The van der Waals surface area contributed by atoms with Crippen molar-refractivity contribution >= 4 is 12.2 Å². The van der Waals surface area contributed by atoms with E-state index in [-0.39, 0.29) is 47.3 Å². The van der Waals surface area contributed by atoms with Crippen LogP contribution < -0.4 is 5.32 Å². The molecular weight excluding hydrogens is 278 g/mol. The summed E-state index contributed by atoms with van der Waals surface area (Å²) < 4.78 is 5.85. The van der Waals surface area contributed by atoms with E-state index in [4.69, 9.17) is 4.74 Å². The zero-order valence-electron chi connectivity index (χ0n) is 12.9. The third-order valence-corrected chi connectivity index (χ3v) is 6.10. The zero-order chi connectivity index (χ0) is 15.5. The third-order valence-electron chi connectivity index (χ3n) is 6.10. The van der Waals surface area contributed by atoms with Crippen LogP contribution >= 0.6 is 0 Å². The second kappa shape index (κ2) is 4.66.